The van der Waals surface area contributed by atoms with E-state index >= 15 is 0 Å². The van der Waals surface area contributed by atoms with Gasteiger partial charge in [0.15, 0.2) is 0 Å². The van der Waals surface area contributed by atoms with Crippen molar-refractivity contribution in [1.29, 1.82) is 0 Å². The summed E-state index contributed by atoms with van der Waals surface area (Å²) in [6.07, 6.45) is 2.23. The Labute approximate surface area is 154 Å². The summed E-state index contributed by atoms with van der Waals surface area (Å²) in [6, 6.07) is 8.20. The maximum Gasteiger partial charge on any atom is 0.302 e. The average Bonchev–Trinajstić information content (AvgIpc) is 3.27. The number of nitrogens with one attached hydrogen (secondary N) is 2. The molecule has 0 aliphatic carbocycles. The van der Waals surface area contributed by atoms with Crippen LogP contribution in [0.15, 0.2) is 36.5 Å². The molecule has 2 heterocycles. The lowest BCUT2D eigenvalue weighted by atomic mass is 9.96. The van der Waals surface area contributed by atoms with Crippen LogP contribution in [-0.4, -0.2) is 30.1 Å². The monoisotopic (exact) mass is 368 g/mol. The molecule has 3 aromatic rings. The first-order chi connectivity index (χ1) is 13.1. The van der Waals surface area contributed by atoms with E-state index in [9.17, 15) is 14.0 Å². The maximum absolute atomic E-state index is 14.6. The number of benzene rings is 2. The van der Waals surface area contributed by atoms with Gasteiger partial charge in [0.2, 0.25) is 0 Å². The molecule has 0 saturated heterocycles. The summed E-state index contributed by atoms with van der Waals surface area (Å²) in [7, 11) is 0. The highest BCUT2D eigenvalue weighted by Gasteiger charge is 2.29. The highest BCUT2D eigenvalue weighted by Crippen LogP contribution is 2.44. The van der Waals surface area contributed by atoms with E-state index in [-0.39, 0.29) is 30.5 Å². The van der Waals surface area contributed by atoms with E-state index < -0.39 is 5.82 Å². The molecule has 2 N–H and O–H groups in total. The van der Waals surface area contributed by atoms with Gasteiger partial charge in [-0.05, 0) is 30.3 Å². The standard InChI is InChI=1S/C20H17FN2O4/c1-11(24)26-8-3-9-27-16-10-12(14-4-2-7-22-14)17-19-15(23-20(17)25)6-5-13(21)18(16)19/h2,4-7,10,22H,3,8-9H2,1H3,(H,23,25). The van der Waals surface area contributed by atoms with Gasteiger partial charge in [0.1, 0.15) is 11.6 Å². The van der Waals surface area contributed by atoms with E-state index in [1.807, 2.05) is 12.1 Å². The Hall–Kier alpha value is -3.35. The zero-order valence-electron chi connectivity index (χ0n) is 14.6. The molecule has 0 bridgehead atoms. The Morgan fingerprint density at radius 2 is 2.04 bits per heavy atom. The number of hydrogen-bond acceptors (Lipinski definition) is 4. The normalized spacial score (nSPS) is 12.3. The summed E-state index contributed by atoms with van der Waals surface area (Å²) in [4.78, 5) is 26.4. The molecule has 1 aliphatic rings. The molecular weight excluding hydrogens is 351 g/mol. The number of H-pyrrole nitrogens is 1. The van der Waals surface area contributed by atoms with Crippen molar-refractivity contribution in [2.45, 2.75) is 13.3 Å². The van der Waals surface area contributed by atoms with Gasteiger partial charge < -0.3 is 19.8 Å². The summed E-state index contributed by atoms with van der Waals surface area (Å²) in [5, 5.41) is 3.57. The molecule has 0 radical (unpaired) electrons. The van der Waals surface area contributed by atoms with Gasteiger partial charge in [-0.2, -0.15) is 0 Å². The number of aromatic amines is 1. The third-order valence-corrected chi connectivity index (χ3v) is 4.41. The molecule has 27 heavy (non-hydrogen) atoms. The second-order valence-corrected chi connectivity index (χ2v) is 6.22. The molecule has 0 fully saturated rings. The summed E-state index contributed by atoms with van der Waals surface area (Å²) < 4.78 is 25.3. The zero-order chi connectivity index (χ0) is 19.0. The molecule has 138 valence electrons. The number of hydrogen-bond donors (Lipinski definition) is 2. The van der Waals surface area contributed by atoms with Gasteiger partial charge in [0.25, 0.3) is 5.91 Å². The Morgan fingerprint density at radius 3 is 2.78 bits per heavy atom. The van der Waals surface area contributed by atoms with E-state index in [0.29, 0.717) is 34.4 Å². The van der Waals surface area contributed by atoms with Crippen LogP contribution in [0.3, 0.4) is 0 Å². The molecule has 4 rings (SSSR count). The van der Waals surface area contributed by atoms with Crippen molar-refractivity contribution in [3.05, 3.63) is 47.9 Å². The van der Waals surface area contributed by atoms with Crippen LogP contribution in [-0.2, 0) is 9.53 Å². The first kappa shape index (κ1) is 17.1. The van der Waals surface area contributed by atoms with Crippen molar-refractivity contribution < 1.29 is 23.5 Å². The van der Waals surface area contributed by atoms with Crippen molar-refractivity contribution in [2.75, 3.05) is 18.5 Å². The van der Waals surface area contributed by atoms with Crippen molar-refractivity contribution in [1.82, 2.24) is 4.98 Å². The lowest BCUT2D eigenvalue weighted by Gasteiger charge is -2.14. The zero-order valence-corrected chi connectivity index (χ0v) is 14.6. The topological polar surface area (TPSA) is 80.4 Å². The number of ether oxygens (including phenoxy) is 2. The fourth-order valence-corrected chi connectivity index (χ4v) is 3.29. The number of carbonyl (C=O) groups excluding carboxylic acids is 2. The summed E-state index contributed by atoms with van der Waals surface area (Å²) in [5.41, 5.74) is 2.37. The van der Waals surface area contributed by atoms with Crippen molar-refractivity contribution in [2.24, 2.45) is 0 Å². The fraction of sp³-hybridized carbons (Fsp3) is 0.200. The third-order valence-electron chi connectivity index (χ3n) is 4.41. The average molecular weight is 368 g/mol. The molecule has 6 nitrogen and oxygen atoms in total. The highest BCUT2D eigenvalue weighted by atomic mass is 19.1. The van der Waals surface area contributed by atoms with Crippen LogP contribution < -0.4 is 10.1 Å². The van der Waals surface area contributed by atoms with Gasteiger partial charge in [-0.3, -0.25) is 9.59 Å². The van der Waals surface area contributed by atoms with Crippen LogP contribution in [0, 0.1) is 5.82 Å². The van der Waals surface area contributed by atoms with Crippen LogP contribution in [0.2, 0.25) is 0 Å². The first-order valence-electron chi connectivity index (χ1n) is 8.56. The van der Waals surface area contributed by atoms with E-state index in [2.05, 4.69) is 10.3 Å². The molecule has 0 unspecified atom stereocenters. The Bertz CT molecular complexity index is 1040. The molecule has 0 saturated carbocycles. The molecular formula is C20H17FN2O4. The summed E-state index contributed by atoms with van der Waals surface area (Å²) in [6.45, 7) is 1.81. The summed E-state index contributed by atoms with van der Waals surface area (Å²) >= 11 is 0. The van der Waals surface area contributed by atoms with Gasteiger partial charge in [0.05, 0.1) is 29.9 Å². The quantitative estimate of drug-likeness (QED) is 0.511. The number of aromatic nitrogens is 1. The predicted octanol–water partition coefficient (Wildman–Crippen LogP) is 3.87. The van der Waals surface area contributed by atoms with Gasteiger partial charge in [-0.1, -0.05) is 0 Å². The minimum atomic E-state index is -0.459. The largest absolute Gasteiger partial charge is 0.493 e. The van der Waals surface area contributed by atoms with Gasteiger partial charge in [0, 0.05) is 36.2 Å². The number of carbonyl (C=O) groups is 2. The molecule has 1 aliphatic heterocycles. The molecule has 0 atom stereocenters. The van der Waals surface area contributed by atoms with Gasteiger partial charge in [-0.15, -0.1) is 0 Å². The van der Waals surface area contributed by atoms with E-state index in [0.717, 1.165) is 5.69 Å². The van der Waals surface area contributed by atoms with Crippen LogP contribution in [0.5, 0.6) is 5.75 Å². The van der Waals surface area contributed by atoms with Gasteiger partial charge in [-0.25, -0.2) is 4.39 Å². The van der Waals surface area contributed by atoms with Crippen LogP contribution in [0.25, 0.3) is 22.0 Å². The highest BCUT2D eigenvalue weighted by molar-refractivity contribution is 6.27. The molecule has 0 spiro atoms. The molecule has 2 aromatic carbocycles. The van der Waals surface area contributed by atoms with E-state index in [1.165, 1.54) is 13.0 Å². The van der Waals surface area contributed by atoms with Crippen molar-refractivity contribution in [3.8, 4) is 17.0 Å². The van der Waals surface area contributed by atoms with Crippen LogP contribution in [0.1, 0.15) is 23.7 Å². The van der Waals surface area contributed by atoms with Crippen molar-refractivity contribution in [3.63, 3.8) is 0 Å². The SMILES string of the molecule is CC(=O)OCCCOc1cc(-c2ccc[nH]2)c2c3c(ccc(F)c13)NC2=O. The number of esters is 1. The molecule has 7 heteroatoms. The number of rotatable bonds is 6. The predicted molar refractivity (Wildman–Crippen MR) is 98.4 cm³/mol. The van der Waals surface area contributed by atoms with Crippen LogP contribution >= 0.6 is 0 Å². The second kappa shape index (κ2) is 6.75. The van der Waals surface area contributed by atoms with Crippen molar-refractivity contribution >= 4 is 28.3 Å². The van der Waals surface area contributed by atoms with E-state index in [1.54, 1.807) is 18.3 Å². The van der Waals surface area contributed by atoms with Crippen LogP contribution in [0.4, 0.5) is 10.1 Å². The number of anilines is 1. The second-order valence-electron chi connectivity index (χ2n) is 6.22. The Kier molecular flexibility index (Phi) is 4.27. The fourth-order valence-electron chi connectivity index (χ4n) is 3.29. The maximum atomic E-state index is 14.6. The Morgan fingerprint density at radius 1 is 1.19 bits per heavy atom. The van der Waals surface area contributed by atoms with E-state index in [4.69, 9.17) is 9.47 Å². The molecule has 1 amide bonds. The minimum absolute atomic E-state index is 0.225. The first-order valence-corrected chi connectivity index (χ1v) is 8.56. The molecule has 1 aromatic heterocycles. The van der Waals surface area contributed by atoms with Gasteiger partial charge >= 0.3 is 5.97 Å². The lowest BCUT2D eigenvalue weighted by molar-refractivity contribution is -0.141. The lowest BCUT2D eigenvalue weighted by Crippen LogP contribution is -2.08. The smallest absolute Gasteiger partial charge is 0.302 e. The third kappa shape index (κ3) is 3.01. The minimum Gasteiger partial charge on any atom is -0.493 e. The number of amides is 1. The Balaban J connectivity index is 1.78. The summed E-state index contributed by atoms with van der Waals surface area (Å²) in [5.74, 6) is -0.742. The number of halogens is 1.